The number of esters is 1. The van der Waals surface area contributed by atoms with Crippen LogP contribution in [0.1, 0.15) is 380 Å². The molecular weight excluding hydrogens is 899 g/mol. The summed E-state index contributed by atoms with van der Waals surface area (Å²) in [5, 5.41) is 23.2. The maximum Gasteiger partial charge on any atom is 0.305 e. The molecule has 6 nitrogen and oxygen atoms in total. The average molecular weight is 1030 g/mol. The summed E-state index contributed by atoms with van der Waals surface area (Å²) in [6, 6.07) is -0.626. The Hall–Kier alpha value is -1.40. The molecule has 0 saturated heterocycles. The van der Waals surface area contributed by atoms with Crippen LogP contribution in [-0.4, -0.2) is 47.4 Å². The molecule has 0 aromatic carbocycles. The monoisotopic (exact) mass is 1030 g/mol. The number of carbonyl (C=O) groups excluding carboxylic acids is 2. The standard InChI is InChI=1S/C67H131NO5/c1-3-5-7-9-11-13-15-17-18-19-29-32-36-39-43-47-51-55-59-65(70)64(63-69)68-66(71)60-56-52-48-44-40-37-33-30-27-25-23-21-20-22-24-26-28-31-34-38-42-46-50-54-58-62-73-67(72)61-57-53-49-45-41-35-16-14-12-10-8-6-4-2/h55,59,64-65,69-70H,3-54,56-58,60-63H2,1-2H3,(H,68,71)/b59-55+. The van der Waals surface area contributed by atoms with E-state index in [0.29, 0.717) is 19.4 Å². The molecule has 0 fully saturated rings. The molecule has 0 spiro atoms. The Kier molecular flexibility index (Phi) is 61.9. The van der Waals surface area contributed by atoms with Crippen LogP contribution >= 0.6 is 0 Å². The average Bonchev–Trinajstić information content (AvgIpc) is 3.39. The highest BCUT2D eigenvalue weighted by Crippen LogP contribution is 2.19. The number of hydrogen-bond acceptors (Lipinski definition) is 5. The predicted molar refractivity (Wildman–Crippen MR) is 320 cm³/mol. The highest BCUT2D eigenvalue weighted by atomic mass is 16.5. The fraction of sp³-hybridized carbons (Fsp3) is 0.940. The molecule has 0 radical (unpaired) electrons. The number of rotatable bonds is 63. The number of carbonyl (C=O) groups is 2. The first-order valence-electron chi connectivity index (χ1n) is 33.5. The molecule has 3 N–H and O–H groups in total. The second-order valence-electron chi connectivity index (χ2n) is 23.2. The number of unbranched alkanes of at least 4 members (excludes halogenated alkanes) is 52. The van der Waals surface area contributed by atoms with Crippen molar-refractivity contribution >= 4 is 11.9 Å². The van der Waals surface area contributed by atoms with Gasteiger partial charge in [-0.3, -0.25) is 9.59 Å². The molecule has 2 atom stereocenters. The van der Waals surface area contributed by atoms with Crippen LogP contribution in [0.15, 0.2) is 12.2 Å². The van der Waals surface area contributed by atoms with Crippen molar-refractivity contribution in [1.82, 2.24) is 5.32 Å². The quantitative estimate of drug-likeness (QED) is 0.0320. The van der Waals surface area contributed by atoms with Gasteiger partial charge >= 0.3 is 5.97 Å². The molecule has 0 aliphatic heterocycles. The van der Waals surface area contributed by atoms with E-state index in [9.17, 15) is 19.8 Å². The third kappa shape index (κ3) is 59.7. The second kappa shape index (κ2) is 63.1. The smallest absolute Gasteiger partial charge is 0.305 e. The van der Waals surface area contributed by atoms with Crippen LogP contribution in [0.4, 0.5) is 0 Å². The molecular formula is C67H131NO5. The summed E-state index contributed by atoms with van der Waals surface area (Å²) >= 11 is 0. The second-order valence-corrected chi connectivity index (χ2v) is 23.2. The molecule has 0 aromatic heterocycles. The molecule has 73 heavy (non-hydrogen) atoms. The first-order chi connectivity index (χ1) is 36.0. The fourth-order valence-electron chi connectivity index (χ4n) is 10.7. The zero-order chi connectivity index (χ0) is 52.9. The Bertz CT molecular complexity index is 1100. The molecule has 0 saturated carbocycles. The Morgan fingerprint density at radius 3 is 0.932 bits per heavy atom. The van der Waals surface area contributed by atoms with Crippen LogP contribution in [0.3, 0.4) is 0 Å². The molecule has 6 heteroatoms. The van der Waals surface area contributed by atoms with Crippen LogP contribution in [-0.2, 0) is 14.3 Å². The molecule has 2 unspecified atom stereocenters. The van der Waals surface area contributed by atoms with Crippen LogP contribution in [0, 0.1) is 0 Å². The minimum atomic E-state index is -0.843. The number of aliphatic hydroxyl groups is 2. The van der Waals surface area contributed by atoms with Gasteiger partial charge in [0.05, 0.1) is 25.4 Å². The summed E-state index contributed by atoms with van der Waals surface area (Å²) in [5.41, 5.74) is 0. The third-order valence-corrected chi connectivity index (χ3v) is 15.8. The molecule has 0 aromatic rings. The van der Waals surface area contributed by atoms with Crippen molar-refractivity contribution in [2.24, 2.45) is 0 Å². The fourth-order valence-corrected chi connectivity index (χ4v) is 10.7. The summed E-state index contributed by atoms with van der Waals surface area (Å²) < 4.78 is 5.49. The number of nitrogens with one attached hydrogen (secondary N) is 1. The Balaban J connectivity index is 3.38. The normalized spacial score (nSPS) is 12.5. The zero-order valence-corrected chi connectivity index (χ0v) is 49.6. The maximum atomic E-state index is 12.5. The molecule has 0 bridgehead atoms. The van der Waals surface area contributed by atoms with Gasteiger partial charge in [-0.25, -0.2) is 0 Å². The van der Waals surface area contributed by atoms with E-state index in [1.165, 1.54) is 315 Å². The van der Waals surface area contributed by atoms with Crippen LogP contribution in [0.25, 0.3) is 0 Å². The van der Waals surface area contributed by atoms with Gasteiger partial charge in [0, 0.05) is 12.8 Å². The van der Waals surface area contributed by atoms with Crippen molar-refractivity contribution in [1.29, 1.82) is 0 Å². The lowest BCUT2D eigenvalue weighted by atomic mass is 10.0. The van der Waals surface area contributed by atoms with E-state index in [-0.39, 0.29) is 18.5 Å². The highest BCUT2D eigenvalue weighted by molar-refractivity contribution is 5.76. The third-order valence-electron chi connectivity index (χ3n) is 15.8. The van der Waals surface area contributed by atoms with E-state index in [1.54, 1.807) is 6.08 Å². The van der Waals surface area contributed by atoms with E-state index in [0.717, 1.165) is 38.5 Å². The van der Waals surface area contributed by atoms with Crippen molar-refractivity contribution < 1.29 is 24.5 Å². The van der Waals surface area contributed by atoms with Crippen LogP contribution in [0.5, 0.6) is 0 Å². The van der Waals surface area contributed by atoms with Crippen LogP contribution in [0.2, 0.25) is 0 Å². The van der Waals surface area contributed by atoms with Gasteiger partial charge in [0.1, 0.15) is 0 Å². The molecule has 0 heterocycles. The number of aliphatic hydroxyl groups excluding tert-OH is 2. The van der Waals surface area contributed by atoms with E-state index in [4.69, 9.17) is 4.74 Å². The van der Waals surface area contributed by atoms with E-state index in [1.807, 2.05) is 6.08 Å². The number of amides is 1. The Morgan fingerprint density at radius 2 is 0.630 bits per heavy atom. The topological polar surface area (TPSA) is 95.9 Å². The molecule has 0 aliphatic carbocycles. The lowest BCUT2D eigenvalue weighted by molar-refractivity contribution is -0.143. The van der Waals surface area contributed by atoms with Gasteiger partial charge in [-0.05, 0) is 32.1 Å². The van der Waals surface area contributed by atoms with Gasteiger partial charge in [0.15, 0.2) is 0 Å². The minimum Gasteiger partial charge on any atom is -0.466 e. The largest absolute Gasteiger partial charge is 0.466 e. The van der Waals surface area contributed by atoms with Crippen molar-refractivity contribution in [3.05, 3.63) is 12.2 Å². The summed E-state index contributed by atoms with van der Waals surface area (Å²) in [7, 11) is 0. The van der Waals surface area contributed by atoms with Gasteiger partial charge in [-0.15, -0.1) is 0 Å². The molecule has 0 aliphatic rings. The number of allylic oxidation sites excluding steroid dienone is 1. The summed E-state index contributed by atoms with van der Waals surface area (Å²) in [6.45, 7) is 4.94. The summed E-state index contributed by atoms with van der Waals surface area (Å²) in [5.74, 6) is -0.0443. The van der Waals surface area contributed by atoms with Gasteiger partial charge in [-0.2, -0.15) is 0 Å². The van der Waals surface area contributed by atoms with E-state index >= 15 is 0 Å². The van der Waals surface area contributed by atoms with Gasteiger partial charge < -0.3 is 20.3 Å². The number of hydrogen-bond donors (Lipinski definition) is 3. The zero-order valence-electron chi connectivity index (χ0n) is 49.6. The highest BCUT2D eigenvalue weighted by Gasteiger charge is 2.18. The lowest BCUT2D eigenvalue weighted by Crippen LogP contribution is -2.45. The van der Waals surface area contributed by atoms with Crippen molar-refractivity contribution in [2.75, 3.05) is 13.2 Å². The minimum absolute atomic E-state index is 0.0183. The molecule has 0 rings (SSSR count). The van der Waals surface area contributed by atoms with Gasteiger partial charge in [0.2, 0.25) is 5.91 Å². The predicted octanol–water partition coefficient (Wildman–Crippen LogP) is 21.2. The van der Waals surface area contributed by atoms with Crippen LogP contribution < -0.4 is 5.32 Å². The van der Waals surface area contributed by atoms with Crippen molar-refractivity contribution in [3.8, 4) is 0 Å². The molecule has 1 amide bonds. The first-order valence-corrected chi connectivity index (χ1v) is 33.5. The van der Waals surface area contributed by atoms with Gasteiger partial charge in [-0.1, -0.05) is 347 Å². The SMILES string of the molecule is CCCCCCCCCCCCCCCCCC/C=C/C(O)C(CO)NC(=O)CCCCCCCCCCCCCCCCCCCCCCCCCCCOC(=O)CCCCCCCCCCCCCCC. The number of ether oxygens (including phenoxy) is 1. The van der Waals surface area contributed by atoms with E-state index < -0.39 is 12.1 Å². The lowest BCUT2D eigenvalue weighted by Gasteiger charge is -2.20. The molecule has 434 valence electrons. The maximum absolute atomic E-state index is 12.5. The van der Waals surface area contributed by atoms with E-state index in [2.05, 4.69) is 19.2 Å². The van der Waals surface area contributed by atoms with Crippen molar-refractivity contribution in [2.45, 2.75) is 392 Å². The summed E-state index contributed by atoms with van der Waals surface area (Å²) in [4.78, 5) is 24.5. The Morgan fingerprint density at radius 1 is 0.370 bits per heavy atom. The van der Waals surface area contributed by atoms with Crippen molar-refractivity contribution in [3.63, 3.8) is 0 Å². The Labute approximate surface area is 457 Å². The van der Waals surface area contributed by atoms with Gasteiger partial charge in [0.25, 0.3) is 0 Å². The summed E-state index contributed by atoms with van der Waals surface area (Å²) in [6.07, 6.45) is 77.0. The first kappa shape index (κ1) is 71.6.